The van der Waals surface area contributed by atoms with Crippen LogP contribution in [0.15, 0.2) is 18.2 Å². The van der Waals surface area contributed by atoms with Crippen LogP contribution in [0.5, 0.6) is 0 Å². The van der Waals surface area contributed by atoms with Gasteiger partial charge in [-0.15, -0.1) is 0 Å². The fourth-order valence-electron chi connectivity index (χ4n) is 0.992. The highest BCUT2D eigenvalue weighted by Crippen LogP contribution is 2.22. The summed E-state index contributed by atoms with van der Waals surface area (Å²) in [4.78, 5) is 0. The van der Waals surface area contributed by atoms with Crippen LogP contribution in [0.2, 0.25) is 5.02 Å². The molecule has 0 aliphatic rings. The molecule has 0 heterocycles. The maximum atomic E-state index is 11.2. The van der Waals surface area contributed by atoms with E-state index in [9.17, 15) is 5.11 Å². The van der Waals surface area contributed by atoms with E-state index in [4.69, 9.17) is 11.6 Å². The summed E-state index contributed by atoms with van der Waals surface area (Å²) in [6.07, 6.45) is -1.14. The van der Waals surface area contributed by atoms with Gasteiger partial charge >= 0.3 is 0 Å². The average Bonchev–Trinajstić information content (AvgIpc) is 2.08. The van der Waals surface area contributed by atoms with E-state index < -0.39 is 6.29 Å². The third-order valence-corrected chi connectivity index (χ3v) is 1.94. The van der Waals surface area contributed by atoms with Gasteiger partial charge in [0.05, 0.1) is 0 Å². The van der Waals surface area contributed by atoms with Gasteiger partial charge in [0, 0.05) is 17.7 Å². The van der Waals surface area contributed by atoms with Gasteiger partial charge in [-0.1, -0.05) is 17.7 Å². The molecule has 2 nitrogen and oxygen atoms in total. The van der Waals surface area contributed by atoms with E-state index in [0.29, 0.717) is 10.6 Å². The van der Waals surface area contributed by atoms with Crippen molar-refractivity contribution in [3.63, 3.8) is 0 Å². The van der Waals surface area contributed by atoms with Crippen LogP contribution in [0.1, 0.15) is 17.4 Å². The Labute approximate surface area is 76.7 Å². The highest BCUT2D eigenvalue weighted by molar-refractivity contribution is 6.30. The molecule has 0 amide bonds. The second-order valence-electron chi connectivity index (χ2n) is 2.57. The standard InChI is InChI=1S/C9H10ClO2/c1-6-3-4-7(10)5-8(6)9(11)12-2/h3-5,9H,1-2H3. The summed E-state index contributed by atoms with van der Waals surface area (Å²) in [7, 11) is 1.39. The molecule has 1 unspecified atom stereocenters. The number of benzene rings is 1. The van der Waals surface area contributed by atoms with Crippen LogP contribution in [0.3, 0.4) is 0 Å². The molecule has 0 spiro atoms. The van der Waals surface area contributed by atoms with E-state index in [2.05, 4.69) is 4.74 Å². The largest absolute Gasteiger partial charge is 0.349 e. The lowest BCUT2D eigenvalue weighted by Crippen LogP contribution is -1.99. The van der Waals surface area contributed by atoms with Gasteiger partial charge in [0.2, 0.25) is 6.29 Å². The summed E-state index contributed by atoms with van der Waals surface area (Å²) in [5.41, 5.74) is 1.51. The zero-order valence-electron chi connectivity index (χ0n) is 7.00. The predicted molar refractivity (Wildman–Crippen MR) is 46.6 cm³/mol. The third kappa shape index (κ3) is 1.97. The quantitative estimate of drug-likeness (QED) is 0.652. The van der Waals surface area contributed by atoms with Crippen molar-refractivity contribution in [1.82, 2.24) is 0 Å². The number of rotatable bonds is 2. The number of halogens is 1. The molecule has 0 bridgehead atoms. The first-order valence-electron chi connectivity index (χ1n) is 3.60. The van der Waals surface area contributed by atoms with Crippen LogP contribution in [0.4, 0.5) is 0 Å². The molecule has 0 N–H and O–H groups in total. The van der Waals surface area contributed by atoms with Crippen LogP contribution in [0.25, 0.3) is 0 Å². The minimum atomic E-state index is -1.14. The van der Waals surface area contributed by atoms with Crippen molar-refractivity contribution in [2.75, 3.05) is 7.11 Å². The molecule has 1 atom stereocenters. The Kier molecular flexibility index (Phi) is 3.09. The third-order valence-electron chi connectivity index (χ3n) is 1.71. The predicted octanol–water partition coefficient (Wildman–Crippen LogP) is 2.72. The van der Waals surface area contributed by atoms with E-state index in [1.165, 1.54) is 7.11 Å². The van der Waals surface area contributed by atoms with Crippen molar-refractivity contribution in [2.45, 2.75) is 13.2 Å². The second-order valence-corrected chi connectivity index (χ2v) is 3.00. The molecule has 1 aromatic carbocycles. The highest BCUT2D eigenvalue weighted by atomic mass is 35.5. The number of ether oxygens (including phenoxy) is 1. The van der Waals surface area contributed by atoms with Gasteiger partial charge in [-0.3, -0.25) is 0 Å². The normalized spacial score (nSPS) is 13.0. The van der Waals surface area contributed by atoms with Crippen LogP contribution in [-0.2, 0) is 9.84 Å². The number of aryl methyl sites for hydroxylation is 1. The molecule has 0 aliphatic heterocycles. The van der Waals surface area contributed by atoms with E-state index in [1.807, 2.05) is 13.0 Å². The Bertz CT molecular complexity index is 273. The summed E-state index contributed by atoms with van der Waals surface area (Å²) in [6.45, 7) is 1.86. The molecule has 0 fully saturated rings. The first kappa shape index (κ1) is 9.52. The van der Waals surface area contributed by atoms with E-state index in [1.54, 1.807) is 12.1 Å². The van der Waals surface area contributed by atoms with E-state index in [0.717, 1.165) is 5.56 Å². The zero-order valence-corrected chi connectivity index (χ0v) is 7.76. The first-order valence-corrected chi connectivity index (χ1v) is 3.97. The van der Waals surface area contributed by atoms with Gasteiger partial charge in [0.25, 0.3) is 0 Å². The molecule has 1 radical (unpaired) electrons. The number of hydrogen-bond acceptors (Lipinski definition) is 1. The lowest BCUT2D eigenvalue weighted by Gasteiger charge is -2.09. The minimum absolute atomic E-state index is 0.563. The maximum absolute atomic E-state index is 11.2. The second kappa shape index (κ2) is 3.90. The van der Waals surface area contributed by atoms with Gasteiger partial charge < -0.3 is 4.74 Å². The van der Waals surface area contributed by atoms with Gasteiger partial charge in [0.15, 0.2) is 0 Å². The monoisotopic (exact) mass is 185 g/mol. The number of methoxy groups -OCH3 is 1. The molecule has 0 saturated carbocycles. The Balaban J connectivity index is 3.04. The highest BCUT2D eigenvalue weighted by Gasteiger charge is 2.10. The summed E-state index contributed by atoms with van der Waals surface area (Å²) < 4.78 is 4.66. The van der Waals surface area contributed by atoms with Gasteiger partial charge in [-0.05, 0) is 24.6 Å². The average molecular weight is 186 g/mol. The SMILES string of the molecule is COC([O])c1cc(Cl)ccc1C. The molecule has 3 heteroatoms. The van der Waals surface area contributed by atoms with Gasteiger partial charge in [0.1, 0.15) is 0 Å². The van der Waals surface area contributed by atoms with Crippen LogP contribution < -0.4 is 0 Å². The fraction of sp³-hybridized carbons (Fsp3) is 0.333. The minimum Gasteiger partial charge on any atom is -0.349 e. The molecular formula is C9H10ClO2. The van der Waals surface area contributed by atoms with Crippen molar-refractivity contribution < 1.29 is 9.84 Å². The van der Waals surface area contributed by atoms with Crippen LogP contribution in [0, 0.1) is 6.92 Å². The van der Waals surface area contributed by atoms with Gasteiger partial charge in [-0.25, -0.2) is 0 Å². The van der Waals surface area contributed by atoms with Crippen molar-refractivity contribution in [2.24, 2.45) is 0 Å². The first-order chi connectivity index (χ1) is 5.65. The Morgan fingerprint density at radius 1 is 1.50 bits per heavy atom. The van der Waals surface area contributed by atoms with Crippen molar-refractivity contribution in [3.05, 3.63) is 34.3 Å². The van der Waals surface area contributed by atoms with Crippen molar-refractivity contribution in [3.8, 4) is 0 Å². The van der Waals surface area contributed by atoms with Crippen molar-refractivity contribution in [1.29, 1.82) is 0 Å². The topological polar surface area (TPSA) is 29.1 Å². The molecular weight excluding hydrogens is 176 g/mol. The Morgan fingerprint density at radius 2 is 2.17 bits per heavy atom. The summed E-state index contributed by atoms with van der Waals surface area (Å²) >= 11 is 5.72. The molecule has 0 aliphatic carbocycles. The lowest BCUT2D eigenvalue weighted by molar-refractivity contribution is -0.123. The van der Waals surface area contributed by atoms with E-state index in [-0.39, 0.29) is 0 Å². The zero-order chi connectivity index (χ0) is 9.14. The van der Waals surface area contributed by atoms with Crippen LogP contribution in [-0.4, -0.2) is 7.11 Å². The smallest absolute Gasteiger partial charge is 0.217 e. The molecule has 12 heavy (non-hydrogen) atoms. The molecule has 0 aromatic heterocycles. The number of hydrogen-bond donors (Lipinski definition) is 0. The van der Waals surface area contributed by atoms with Gasteiger partial charge in [-0.2, -0.15) is 5.11 Å². The molecule has 1 rings (SSSR count). The fourth-order valence-corrected chi connectivity index (χ4v) is 1.17. The summed E-state index contributed by atoms with van der Waals surface area (Å²) in [6, 6.07) is 5.20. The molecule has 65 valence electrons. The Hall–Kier alpha value is -0.570. The van der Waals surface area contributed by atoms with E-state index >= 15 is 0 Å². The lowest BCUT2D eigenvalue weighted by atomic mass is 10.1. The summed E-state index contributed by atoms with van der Waals surface area (Å²) in [5, 5.41) is 11.8. The molecule has 0 saturated heterocycles. The van der Waals surface area contributed by atoms with Crippen molar-refractivity contribution >= 4 is 11.6 Å². The maximum Gasteiger partial charge on any atom is 0.217 e. The van der Waals surface area contributed by atoms with Crippen LogP contribution >= 0.6 is 11.6 Å². The summed E-state index contributed by atoms with van der Waals surface area (Å²) in [5.74, 6) is 0. The Morgan fingerprint density at radius 3 is 2.75 bits per heavy atom. The molecule has 1 aromatic rings.